The average molecular weight is 777 g/mol. The van der Waals surface area contributed by atoms with Gasteiger partial charge in [-0.25, -0.2) is 0 Å². The molecule has 4 aromatic carbocycles. The maximum Gasteiger partial charge on any atom is 0.251 e. The second-order valence-electron chi connectivity index (χ2n) is 13.1. The van der Waals surface area contributed by atoms with Crippen LogP contribution < -0.4 is 40.2 Å². The fraction of sp³-hybridized carbons (Fsp3) is 0.174. The van der Waals surface area contributed by atoms with Crippen molar-refractivity contribution in [1.29, 1.82) is 0 Å². The predicted molar refractivity (Wildman–Crippen MR) is 218 cm³/mol. The van der Waals surface area contributed by atoms with E-state index in [1.54, 1.807) is 97.1 Å². The molecule has 6 aliphatic rings. The van der Waals surface area contributed by atoms with Gasteiger partial charge >= 0.3 is 0 Å². The summed E-state index contributed by atoms with van der Waals surface area (Å²) in [6.07, 6.45) is 10.9. The van der Waals surface area contributed by atoms with Gasteiger partial charge in [0.05, 0.1) is 26.2 Å². The SMILES string of the molecule is O=C1NCCOc2ccc(cc2)OCCNC(=O)c2cc(cc(C3=C=CC=C3)c2)C(=O)NCCOc2ccc(cc2)OCCNC(=O)c2cc1cc(C1=C=CC=C1)c2. The fourth-order valence-corrected chi connectivity index (χ4v) is 6.12. The molecule has 292 valence electrons. The lowest BCUT2D eigenvalue weighted by Crippen LogP contribution is -2.30. The molecule has 4 heterocycles. The number of amides is 4. The summed E-state index contributed by atoms with van der Waals surface area (Å²) in [5, 5.41) is 11.5. The van der Waals surface area contributed by atoms with Crippen LogP contribution in [0.4, 0.5) is 0 Å². The van der Waals surface area contributed by atoms with Crippen LogP contribution in [0.2, 0.25) is 0 Å². The number of nitrogens with one attached hydrogen (secondary N) is 4. The van der Waals surface area contributed by atoms with Gasteiger partial charge in [-0.1, -0.05) is 12.2 Å². The molecular formula is C46H40N4O8. The molecule has 4 aliphatic heterocycles. The number of hydrogen-bond donors (Lipinski definition) is 4. The van der Waals surface area contributed by atoms with Crippen molar-refractivity contribution in [1.82, 2.24) is 21.3 Å². The summed E-state index contributed by atoms with van der Waals surface area (Å²) in [6, 6.07) is 24.0. The number of ether oxygens (including phenoxy) is 4. The molecule has 58 heavy (non-hydrogen) atoms. The van der Waals surface area contributed by atoms with Gasteiger partial charge in [0.1, 0.15) is 49.4 Å². The Kier molecular flexibility index (Phi) is 12.6. The number of benzene rings is 4. The van der Waals surface area contributed by atoms with Crippen LogP contribution in [-0.4, -0.2) is 76.2 Å². The Morgan fingerprint density at radius 1 is 0.379 bits per heavy atom. The quantitative estimate of drug-likeness (QED) is 0.196. The first-order valence-corrected chi connectivity index (χ1v) is 18.8. The highest BCUT2D eigenvalue weighted by Gasteiger charge is 2.17. The van der Waals surface area contributed by atoms with Crippen molar-refractivity contribution in [2.24, 2.45) is 0 Å². The van der Waals surface area contributed by atoms with Crippen molar-refractivity contribution in [3.63, 3.8) is 0 Å². The Balaban J connectivity index is 1.03. The van der Waals surface area contributed by atoms with Crippen LogP contribution in [0.5, 0.6) is 23.0 Å². The van der Waals surface area contributed by atoms with Crippen LogP contribution in [0.1, 0.15) is 52.6 Å². The first kappa shape index (κ1) is 38.7. The molecule has 4 aromatic rings. The van der Waals surface area contributed by atoms with Gasteiger partial charge in [0.15, 0.2) is 0 Å². The second kappa shape index (κ2) is 18.9. The number of allylic oxidation sites excluding steroid dienone is 6. The van der Waals surface area contributed by atoms with Crippen LogP contribution in [0.25, 0.3) is 11.1 Å². The molecular weight excluding hydrogens is 737 g/mol. The minimum atomic E-state index is -0.353. The molecule has 0 spiro atoms. The van der Waals surface area contributed by atoms with E-state index in [0.717, 1.165) is 11.1 Å². The first-order valence-electron chi connectivity index (χ1n) is 18.8. The van der Waals surface area contributed by atoms with Crippen molar-refractivity contribution in [2.75, 3.05) is 52.6 Å². The molecule has 12 nitrogen and oxygen atoms in total. The molecule has 0 atom stereocenters. The Labute approximate surface area is 335 Å². The largest absolute Gasteiger partial charge is 0.492 e. The third kappa shape index (κ3) is 10.4. The van der Waals surface area contributed by atoms with Crippen molar-refractivity contribution in [2.45, 2.75) is 0 Å². The van der Waals surface area contributed by atoms with Gasteiger partial charge in [-0.3, -0.25) is 19.2 Å². The Morgan fingerprint density at radius 2 is 0.638 bits per heavy atom. The lowest BCUT2D eigenvalue weighted by Gasteiger charge is -2.13. The first-order chi connectivity index (χ1) is 28.4. The second-order valence-corrected chi connectivity index (χ2v) is 13.1. The van der Waals surface area contributed by atoms with Crippen molar-refractivity contribution in [3.8, 4) is 23.0 Å². The molecule has 0 radical (unpaired) electrons. The predicted octanol–water partition coefficient (Wildman–Crippen LogP) is 5.45. The molecule has 0 saturated heterocycles. The minimum absolute atomic E-state index is 0.200. The van der Waals surface area contributed by atoms with Crippen LogP contribution in [0, 0.1) is 0 Å². The van der Waals surface area contributed by atoms with E-state index >= 15 is 0 Å². The van der Waals surface area contributed by atoms with E-state index in [0.29, 0.717) is 56.4 Å². The molecule has 10 rings (SSSR count). The third-order valence-corrected chi connectivity index (χ3v) is 9.01. The number of carbonyl (C=O) groups excluding carboxylic acids is 4. The van der Waals surface area contributed by atoms with Gasteiger partial charge < -0.3 is 40.2 Å². The number of hydrogen-bond acceptors (Lipinski definition) is 8. The van der Waals surface area contributed by atoms with Crippen LogP contribution in [-0.2, 0) is 0 Å². The standard InChI is InChI=1S/C46H40N4O8/c51-43-35-25-33(31-5-1-2-6-31)26-36(29-35)44(52)48-18-22-56-40-11-15-42(16-12-40)58-24-20-50-46(54)38-28-34(32-7-3-4-8-32)27-37(30-38)45(53)49-19-23-57-41-13-9-39(10-14-41)55-21-17-47-43/h1-5,7,9-16,25-30H,17-24H2,(H,47,51)(H,48,52)(H,49,53)(H,50,54). The van der Waals surface area contributed by atoms with Gasteiger partial charge in [0, 0.05) is 33.4 Å². The molecule has 12 heteroatoms. The van der Waals surface area contributed by atoms with Gasteiger partial charge in [0.2, 0.25) is 0 Å². The van der Waals surface area contributed by atoms with Gasteiger partial charge in [-0.05, 0) is 120 Å². The Bertz CT molecular complexity index is 2110. The molecule has 2 aliphatic carbocycles. The van der Waals surface area contributed by atoms with E-state index in [1.165, 1.54) is 0 Å². The summed E-state index contributed by atoms with van der Waals surface area (Å²) in [5.74, 6) is 0.901. The molecule has 0 saturated carbocycles. The van der Waals surface area contributed by atoms with Crippen molar-refractivity contribution < 1.29 is 38.1 Å². The van der Waals surface area contributed by atoms with E-state index in [1.807, 2.05) is 24.3 Å². The van der Waals surface area contributed by atoms with E-state index in [2.05, 4.69) is 32.7 Å². The molecule has 0 unspecified atom stereocenters. The third-order valence-electron chi connectivity index (χ3n) is 9.01. The van der Waals surface area contributed by atoms with Crippen LogP contribution in [0.15, 0.2) is 133 Å². The molecule has 0 aromatic heterocycles. The lowest BCUT2D eigenvalue weighted by molar-refractivity contribution is 0.0931. The van der Waals surface area contributed by atoms with Gasteiger partial charge in [-0.15, -0.1) is 11.5 Å². The summed E-state index contributed by atoms with van der Waals surface area (Å²) in [7, 11) is 0. The zero-order chi connectivity index (χ0) is 40.1. The number of rotatable bonds is 2. The minimum Gasteiger partial charge on any atom is -0.492 e. The van der Waals surface area contributed by atoms with E-state index in [9.17, 15) is 19.2 Å². The van der Waals surface area contributed by atoms with Crippen molar-refractivity contribution in [3.05, 3.63) is 166 Å². The van der Waals surface area contributed by atoms with Crippen molar-refractivity contribution >= 4 is 34.8 Å². The Morgan fingerprint density at radius 3 is 0.879 bits per heavy atom. The summed E-state index contributed by atoms with van der Waals surface area (Å²) >= 11 is 0. The average Bonchev–Trinajstić information content (AvgIpc) is 4.01. The zero-order valence-corrected chi connectivity index (χ0v) is 31.5. The Hall–Kier alpha value is -7.52. The van der Waals surface area contributed by atoms with Crippen LogP contribution >= 0.6 is 0 Å². The lowest BCUT2D eigenvalue weighted by atomic mass is 9.99. The monoisotopic (exact) mass is 776 g/mol. The molecule has 4 amide bonds. The van der Waals surface area contributed by atoms with E-state index < -0.39 is 0 Å². The van der Waals surface area contributed by atoms with Crippen LogP contribution in [0.3, 0.4) is 0 Å². The molecule has 8 bridgehead atoms. The summed E-state index contributed by atoms with van der Waals surface area (Å²) in [6.45, 7) is 1.67. The highest BCUT2D eigenvalue weighted by Crippen LogP contribution is 2.24. The highest BCUT2D eigenvalue weighted by molar-refractivity contribution is 6.02. The highest BCUT2D eigenvalue weighted by atomic mass is 16.5. The number of carbonyl (C=O) groups is 4. The maximum atomic E-state index is 13.2. The van der Waals surface area contributed by atoms with E-state index in [-0.39, 0.29) is 76.2 Å². The van der Waals surface area contributed by atoms with Gasteiger partial charge in [0.25, 0.3) is 23.6 Å². The normalized spacial score (nSPS) is 16.3. The van der Waals surface area contributed by atoms with Gasteiger partial charge in [-0.2, -0.15) is 0 Å². The topological polar surface area (TPSA) is 153 Å². The summed E-state index contributed by atoms with van der Waals surface area (Å²) in [5.41, 5.74) is 10.4. The fourth-order valence-electron chi connectivity index (χ4n) is 6.12. The zero-order valence-electron chi connectivity index (χ0n) is 31.5. The van der Waals surface area contributed by atoms with E-state index in [4.69, 9.17) is 18.9 Å². The molecule has 0 fully saturated rings. The summed E-state index contributed by atoms with van der Waals surface area (Å²) in [4.78, 5) is 53.0. The maximum absolute atomic E-state index is 13.2. The molecule has 4 N–H and O–H groups in total. The summed E-state index contributed by atoms with van der Waals surface area (Å²) < 4.78 is 23.3. The smallest absolute Gasteiger partial charge is 0.251 e.